The summed E-state index contributed by atoms with van der Waals surface area (Å²) >= 11 is 0. The molecule has 0 saturated carbocycles. The van der Waals surface area contributed by atoms with Crippen LogP contribution in [0.5, 0.6) is 0 Å². The second-order valence-corrected chi connectivity index (χ2v) is 69.2. The van der Waals surface area contributed by atoms with E-state index in [0.29, 0.717) is 71.0 Å². The van der Waals surface area contributed by atoms with E-state index in [0.717, 1.165) is 0 Å². The molecule has 0 aromatic heterocycles. The molecule has 0 unspecified atom stereocenters. The molecule has 72 heavy (non-hydrogen) atoms. The summed E-state index contributed by atoms with van der Waals surface area (Å²) in [6.45, 7) is 78.0. The van der Waals surface area contributed by atoms with E-state index in [1.807, 2.05) is 20.7 Å². The van der Waals surface area contributed by atoms with Gasteiger partial charge in [-0.3, -0.25) is 0 Å². The van der Waals surface area contributed by atoms with Crippen LogP contribution in [0.3, 0.4) is 0 Å². The van der Waals surface area contributed by atoms with Crippen LogP contribution >= 0.6 is 0 Å². The third kappa shape index (κ3) is 13.6. The molecule has 0 amide bonds. The van der Waals surface area contributed by atoms with E-state index in [1.54, 1.807) is 66.8 Å². The summed E-state index contributed by atoms with van der Waals surface area (Å²) in [6.07, 6.45) is 0. The minimum Gasteiger partial charge on any atom is -0.0691 e. The molecule has 398 valence electrons. The predicted octanol–water partition coefficient (Wildman–Crippen LogP) is 18.1. The summed E-state index contributed by atoms with van der Waals surface area (Å²) in [5.41, 5.74) is 19.9. The summed E-state index contributed by atoms with van der Waals surface area (Å²) in [5.74, 6) is 5.50. The highest BCUT2D eigenvalue weighted by molar-refractivity contribution is 7.67. The molecule has 0 aliphatic carbocycles. The fraction of sp³-hybridized carbons (Fsp3) is 0.636. The molecule has 0 spiro atoms. The van der Waals surface area contributed by atoms with E-state index < -0.39 is 44.8 Å². The third-order valence-corrected chi connectivity index (χ3v) is 77.8. The van der Waals surface area contributed by atoms with Gasteiger partial charge < -0.3 is 0 Å². The minimum atomic E-state index is -2.03. The van der Waals surface area contributed by atoms with Gasteiger partial charge in [-0.2, -0.15) is 0 Å². The van der Waals surface area contributed by atoms with Gasteiger partial charge in [0.2, 0.25) is 0 Å². The Morgan fingerprint density at radius 2 is 0.361 bits per heavy atom. The van der Waals surface area contributed by atoms with Crippen molar-refractivity contribution in [3.63, 3.8) is 0 Å². The van der Waals surface area contributed by atoms with E-state index in [4.69, 9.17) is 0 Å². The lowest BCUT2D eigenvalue weighted by molar-refractivity contribution is 0.811. The fourth-order valence-electron chi connectivity index (χ4n) is 11.5. The van der Waals surface area contributed by atoms with Crippen molar-refractivity contribution in [2.75, 3.05) is 0 Å². The molecule has 0 heterocycles. The first kappa shape index (κ1) is 62.7. The van der Waals surface area contributed by atoms with Gasteiger partial charge in [-0.25, -0.2) is 0 Å². The zero-order valence-corrected chi connectivity index (χ0v) is 58.5. The van der Waals surface area contributed by atoms with E-state index >= 15 is 0 Å². The van der Waals surface area contributed by atoms with Crippen LogP contribution in [0, 0.1) is 0 Å². The van der Waals surface area contributed by atoms with Crippen LogP contribution in [0.4, 0.5) is 0 Å². The predicted molar refractivity (Wildman–Crippen MR) is 343 cm³/mol. The topological polar surface area (TPSA) is 0 Å². The maximum Gasteiger partial charge on any atom is 0.0563 e. The molecule has 0 bridgehead atoms. The summed E-state index contributed by atoms with van der Waals surface area (Å²) in [6, 6.07) is 22.2. The van der Waals surface area contributed by atoms with Crippen molar-refractivity contribution in [1.29, 1.82) is 0 Å². The molecule has 6 heteroatoms. The van der Waals surface area contributed by atoms with Crippen molar-refractivity contribution in [2.24, 2.45) is 0 Å². The first-order valence-electron chi connectivity index (χ1n) is 29.2. The second kappa shape index (κ2) is 24.7. The van der Waals surface area contributed by atoms with E-state index in [-0.39, 0.29) is 0 Å². The van der Waals surface area contributed by atoms with Gasteiger partial charge in [-0.1, -0.05) is 254 Å². The average molecular weight is 1070 g/mol. The van der Waals surface area contributed by atoms with E-state index in [1.165, 1.54) is 0 Å². The Balaban J connectivity index is 2.98. The molecule has 0 atom stereocenters. The summed E-state index contributed by atoms with van der Waals surface area (Å²) in [5, 5.41) is 7.65. The molecule has 0 radical (unpaired) electrons. The standard InChI is InChI=1S/C66H110Si6/c1-39(2)51-31-55(43(9)10)63(56(32-51)44(11)12)67(69(71(25,26)27)65-59(47(17)18)35-53(41(5)6)36-60(65)48(19)20)68(64-57(45(13)14)33-52(40(3)4)34-58(64)46(15)16)70(72(28,29)30)66-61(49(21)22)37-54(42(7)8)38-62(66)50(23)24/h31-50H,1-30H3/b69-67+,70-68+. The Labute approximate surface area is 454 Å². The summed E-state index contributed by atoms with van der Waals surface area (Å²) in [4.78, 5) is 0. The highest BCUT2D eigenvalue weighted by Crippen LogP contribution is 2.34. The van der Waals surface area contributed by atoms with Crippen molar-refractivity contribution in [2.45, 2.75) is 276 Å². The van der Waals surface area contributed by atoms with Crippen LogP contribution in [0.1, 0.15) is 304 Å². The number of benzene rings is 4. The fourth-order valence-corrected chi connectivity index (χ4v) is 109. The van der Waals surface area contributed by atoms with Crippen LogP contribution in [-0.4, -0.2) is 44.8 Å². The van der Waals surface area contributed by atoms with Gasteiger partial charge in [0.1, 0.15) is 0 Å². The van der Waals surface area contributed by atoms with Crippen molar-refractivity contribution in [1.82, 2.24) is 0 Å². The monoisotopic (exact) mass is 1070 g/mol. The first-order valence-corrected chi connectivity index (χ1v) is 47.2. The molecule has 4 rings (SSSR count). The molecule has 0 saturated heterocycles. The van der Waals surface area contributed by atoms with Gasteiger partial charge in [-0.05, 0) is 159 Å². The highest BCUT2D eigenvalue weighted by atomic mass is 29.7. The molecule has 0 aliphatic rings. The quantitative estimate of drug-likeness (QED) is 0.0821. The van der Waals surface area contributed by atoms with E-state index in [2.05, 4.69) is 254 Å². The van der Waals surface area contributed by atoms with Crippen molar-refractivity contribution in [3.05, 3.63) is 115 Å². The average Bonchev–Trinajstić information content (AvgIpc) is 3.24. The Bertz CT molecular complexity index is 2310. The largest absolute Gasteiger partial charge is 0.0691 e. The lowest BCUT2D eigenvalue weighted by atomic mass is 9.89. The zero-order chi connectivity index (χ0) is 55.1. The van der Waals surface area contributed by atoms with E-state index in [9.17, 15) is 0 Å². The van der Waals surface area contributed by atoms with Gasteiger partial charge in [0.05, 0.1) is 15.2 Å². The first-order chi connectivity index (χ1) is 33.0. The molecular weight excluding hydrogens is 961 g/mol. The molecule has 0 aliphatic heterocycles. The zero-order valence-electron chi connectivity index (χ0n) is 52.5. The van der Waals surface area contributed by atoms with Gasteiger partial charge in [0.25, 0.3) is 0 Å². The Morgan fingerprint density at radius 1 is 0.222 bits per heavy atom. The van der Waals surface area contributed by atoms with Crippen LogP contribution < -0.4 is 20.7 Å². The van der Waals surface area contributed by atoms with Crippen LogP contribution in [-0.2, 0) is 0 Å². The molecule has 0 nitrogen and oxygen atoms in total. The smallest absolute Gasteiger partial charge is 0.0563 e. The third-order valence-electron chi connectivity index (χ3n) is 15.8. The van der Waals surface area contributed by atoms with Gasteiger partial charge in [0.15, 0.2) is 0 Å². The number of hydrogen-bond donors (Lipinski definition) is 0. The Kier molecular flexibility index (Phi) is 21.5. The summed E-state index contributed by atoms with van der Waals surface area (Å²) < 4.78 is 0. The lowest BCUT2D eigenvalue weighted by Gasteiger charge is -2.39. The minimum absolute atomic E-state index is 0.435. The van der Waals surface area contributed by atoms with Crippen molar-refractivity contribution >= 4 is 65.6 Å². The lowest BCUT2D eigenvalue weighted by Crippen LogP contribution is -2.67. The molecule has 0 N–H and O–H groups in total. The normalized spacial score (nSPS) is 14.0. The second-order valence-electron chi connectivity index (χ2n) is 28.2. The van der Waals surface area contributed by atoms with Crippen LogP contribution in [0.2, 0.25) is 39.3 Å². The molecule has 0 fully saturated rings. The Hall–Kier alpha value is -1.82. The van der Waals surface area contributed by atoms with Crippen molar-refractivity contribution in [3.8, 4) is 0 Å². The maximum absolute atomic E-state index is 2.88. The number of rotatable bonds is 19. The molecular formula is C66H110Si6. The SMILES string of the molecule is CC(C)c1cc(C(C)C)c([Si](/[Si](c2c(C(C)C)cc(C(C)C)cc2C(C)C)=[Si](\c2c(C(C)C)cc(C(C)C)cc2C(C)C)[Si](C)(C)C)=[Si](/c2c(C(C)C)cc(C(C)C)cc2C(C)C)[Si](C)(C)C)c(C(C)C)c1. The maximum atomic E-state index is 2.88. The molecule has 4 aromatic carbocycles. The van der Waals surface area contributed by atoms with Gasteiger partial charge in [0, 0.05) is 29.6 Å². The Morgan fingerprint density at radius 3 is 0.472 bits per heavy atom. The van der Waals surface area contributed by atoms with Crippen LogP contribution in [0.15, 0.2) is 48.5 Å². The van der Waals surface area contributed by atoms with Gasteiger partial charge in [-0.15, -0.1) is 0 Å². The van der Waals surface area contributed by atoms with Crippen LogP contribution in [0.25, 0.3) is 0 Å². The van der Waals surface area contributed by atoms with Gasteiger partial charge >= 0.3 is 0 Å². The summed E-state index contributed by atoms with van der Waals surface area (Å²) in [7, 11) is -9.49. The van der Waals surface area contributed by atoms with Crippen molar-refractivity contribution < 1.29 is 0 Å². The molecule has 4 aromatic rings. The number of hydrogen-bond acceptors (Lipinski definition) is 0. The highest BCUT2D eigenvalue weighted by Gasteiger charge is 2.42.